The molecule has 0 saturated heterocycles. The Morgan fingerprint density at radius 1 is 1.39 bits per heavy atom. The number of thiocarbonyl (C=S) groups is 1. The second-order valence-electron chi connectivity index (χ2n) is 4.80. The minimum absolute atomic E-state index is 0.239. The number of hydrogen-bond acceptors (Lipinski definition) is 4. The molecule has 1 amide bonds. The molecule has 2 N–H and O–H groups in total. The SMILES string of the molecule is COCCn1cc(NC(=S)NC(=O)c2ccc(I)cc2)c(C)n1. The third-order valence-electron chi connectivity index (χ3n) is 3.05. The Morgan fingerprint density at radius 2 is 2.09 bits per heavy atom. The molecule has 2 rings (SSSR count). The number of rotatable bonds is 5. The van der Waals surface area contributed by atoms with Crippen LogP contribution in [0.5, 0.6) is 0 Å². The molecule has 0 spiro atoms. The minimum Gasteiger partial charge on any atom is -0.383 e. The van der Waals surface area contributed by atoms with Crippen molar-refractivity contribution in [2.45, 2.75) is 13.5 Å². The van der Waals surface area contributed by atoms with Crippen LogP contribution in [0.15, 0.2) is 30.5 Å². The average Bonchev–Trinajstić information content (AvgIpc) is 2.85. The van der Waals surface area contributed by atoms with E-state index in [0.717, 1.165) is 15.0 Å². The summed E-state index contributed by atoms with van der Waals surface area (Å²) in [6.07, 6.45) is 1.83. The Bertz CT molecular complexity index is 700. The summed E-state index contributed by atoms with van der Waals surface area (Å²) in [4.78, 5) is 12.1. The molecule has 0 aliphatic carbocycles. The summed E-state index contributed by atoms with van der Waals surface area (Å²) in [5.41, 5.74) is 2.11. The van der Waals surface area contributed by atoms with E-state index in [0.29, 0.717) is 18.7 Å². The lowest BCUT2D eigenvalue weighted by atomic mass is 10.2. The first-order valence-corrected chi connectivity index (χ1v) is 8.39. The van der Waals surface area contributed by atoms with Gasteiger partial charge in [-0.25, -0.2) is 0 Å². The zero-order chi connectivity index (χ0) is 16.8. The topological polar surface area (TPSA) is 68.2 Å². The molecular weight excluding hydrogens is 427 g/mol. The van der Waals surface area contributed by atoms with Crippen LogP contribution in [0.4, 0.5) is 5.69 Å². The van der Waals surface area contributed by atoms with Crippen molar-refractivity contribution < 1.29 is 9.53 Å². The Kier molecular flexibility index (Phi) is 6.48. The number of aryl methyl sites for hydroxylation is 1. The van der Waals surface area contributed by atoms with Crippen molar-refractivity contribution in [1.82, 2.24) is 15.1 Å². The lowest BCUT2D eigenvalue weighted by molar-refractivity contribution is 0.0977. The lowest BCUT2D eigenvalue weighted by Crippen LogP contribution is -2.34. The summed E-state index contributed by atoms with van der Waals surface area (Å²) in [7, 11) is 1.64. The van der Waals surface area contributed by atoms with Crippen LogP contribution in [0.25, 0.3) is 0 Å². The normalized spacial score (nSPS) is 10.4. The standard InChI is InChI=1S/C15H17IN4O2S/c1-10-13(9-20(19-10)7-8-22-2)17-15(23)18-14(21)11-3-5-12(16)6-4-11/h3-6,9H,7-8H2,1-2H3,(H2,17,18,21,23). The van der Waals surface area contributed by atoms with E-state index in [1.54, 1.807) is 23.9 Å². The van der Waals surface area contributed by atoms with E-state index in [-0.39, 0.29) is 11.0 Å². The number of nitrogens with one attached hydrogen (secondary N) is 2. The van der Waals surface area contributed by atoms with Gasteiger partial charge in [0.2, 0.25) is 0 Å². The number of anilines is 1. The molecule has 122 valence electrons. The average molecular weight is 444 g/mol. The molecule has 0 aliphatic heterocycles. The highest BCUT2D eigenvalue weighted by atomic mass is 127. The maximum Gasteiger partial charge on any atom is 0.257 e. The van der Waals surface area contributed by atoms with Crippen LogP contribution >= 0.6 is 34.8 Å². The number of hydrogen-bond donors (Lipinski definition) is 2. The van der Waals surface area contributed by atoms with Gasteiger partial charge < -0.3 is 10.1 Å². The van der Waals surface area contributed by atoms with E-state index in [9.17, 15) is 4.79 Å². The molecule has 0 saturated carbocycles. The van der Waals surface area contributed by atoms with Crippen LogP contribution < -0.4 is 10.6 Å². The van der Waals surface area contributed by atoms with Gasteiger partial charge in [-0.1, -0.05) is 0 Å². The number of benzene rings is 1. The molecule has 1 aromatic heterocycles. The minimum atomic E-state index is -0.247. The monoisotopic (exact) mass is 444 g/mol. The van der Waals surface area contributed by atoms with Crippen molar-refractivity contribution in [1.29, 1.82) is 0 Å². The van der Waals surface area contributed by atoms with Crippen molar-refractivity contribution in [3.63, 3.8) is 0 Å². The van der Waals surface area contributed by atoms with Crippen LogP contribution in [0.1, 0.15) is 16.1 Å². The van der Waals surface area contributed by atoms with Gasteiger partial charge >= 0.3 is 0 Å². The molecule has 0 atom stereocenters. The van der Waals surface area contributed by atoms with Gasteiger partial charge in [0.25, 0.3) is 5.91 Å². The lowest BCUT2D eigenvalue weighted by Gasteiger charge is -2.08. The third kappa shape index (κ3) is 5.26. The molecule has 6 nitrogen and oxygen atoms in total. The van der Waals surface area contributed by atoms with E-state index in [4.69, 9.17) is 17.0 Å². The fourth-order valence-electron chi connectivity index (χ4n) is 1.87. The van der Waals surface area contributed by atoms with Gasteiger partial charge in [0.1, 0.15) is 0 Å². The maximum absolute atomic E-state index is 12.1. The summed E-state index contributed by atoms with van der Waals surface area (Å²) in [5.74, 6) is -0.247. The summed E-state index contributed by atoms with van der Waals surface area (Å²) in [6.45, 7) is 3.10. The Labute approximate surface area is 153 Å². The zero-order valence-electron chi connectivity index (χ0n) is 12.8. The van der Waals surface area contributed by atoms with Gasteiger partial charge in [0, 0.05) is 22.4 Å². The summed E-state index contributed by atoms with van der Waals surface area (Å²) < 4.78 is 7.86. The fraction of sp³-hybridized carbons (Fsp3) is 0.267. The molecule has 8 heteroatoms. The van der Waals surface area contributed by atoms with Crippen molar-refractivity contribution in [2.24, 2.45) is 0 Å². The van der Waals surface area contributed by atoms with Gasteiger partial charge in [-0.3, -0.25) is 14.8 Å². The molecule has 0 fully saturated rings. The third-order valence-corrected chi connectivity index (χ3v) is 3.98. The zero-order valence-corrected chi connectivity index (χ0v) is 15.8. The van der Waals surface area contributed by atoms with Gasteiger partial charge in [-0.05, 0) is 66.0 Å². The molecule has 0 unspecified atom stereocenters. The summed E-state index contributed by atoms with van der Waals surface area (Å²) in [6, 6.07) is 7.26. The van der Waals surface area contributed by atoms with Gasteiger partial charge in [-0.15, -0.1) is 0 Å². The number of methoxy groups -OCH3 is 1. The van der Waals surface area contributed by atoms with E-state index in [1.807, 2.05) is 25.3 Å². The van der Waals surface area contributed by atoms with Gasteiger partial charge in [0.05, 0.1) is 24.5 Å². The smallest absolute Gasteiger partial charge is 0.257 e. The Balaban J connectivity index is 1.95. The number of carbonyl (C=O) groups excluding carboxylic acids is 1. The molecule has 23 heavy (non-hydrogen) atoms. The van der Waals surface area contributed by atoms with Crippen LogP contribution in [0.2, 0.25) is 0 Å². The first-order chi connectivity index (χ1) is 11.0. The second kappa shape index (κ2) is 8.37. The van der Waals surface area contributed by atoms with Gasteiger partial charge in [-0.2, -0.15) is 5.10 Å². The van der Waals surface area contributed by atoms with Crippen LogP contribution in [-0.2, 0) is 11.3 Å². The number of halogens is 1. The first kappa shape index (κ1) is 17.8. The second-order valence-corrected chi connectivity index (χ2v) is 6.45. The molecular formula is C15H17IN4O2S. The quantitative estimate of drug-likeness (QED) is 0.548. The highest BCUT2D eigenvalue weighted by Crippen LogP contribution is 2.12. The molecule has 2 aromatic rings. The highest BCUT2D eigenvalue weighted by Gasteiger charge is 2.10. The molecule has 1 heterocycles. The van der Waals surface area contributed by atoms with Crippen molar-refractivity contribution >= 4 is 51.5 Å². The molecule has 0 bridgehead atoms. The fourth-order valence-corrected chi connectivity index (χ4v) is 2.43. The summed E-state index contributed by atoms with van der Waals surface area (Å²) in [5, 5.41) is 10.2. The predicted octanol–water partition coefficient (Wildman–Crippen LogP) is 2.57. The van der Waals surface area contributed by atoms with Crippen molar-refractivity contribution in [3.05, 3.63) is 45.3 Å². The van der Waals surface area contributed by atoms with E-state index >= 15 is 0 Å². The van der Waals surface area contributed by atoms with Crippen LogP contribution in [0, 0.1) is 10.5 Å². The van der Waals surface area contributed by atoms with E-state index < -0.39 is 0 Å². The van der Waals surface area contributed by atoms with E-state index in [2.05, 4.69) is 38.3 Å². The Hall–Kier alpha value is -1.52. The number of aromatic nitrogens is 2. The highest BCUT2D eigenvalue weighted by molar-refractivity contribution is 14.1. The van der Waals surface area contributed by atoms with Crippen LogP contribution in [-0.4, -0.2) is 34.5 Å². The largest absolute Gasteiger partial charge is 0.383 e. The maximum atomic E-state index is 12.1. The van der Waals surface area contributed by atoms with Crippen molar-refractivity contribution in [3.8, 4) is 0 Å². The van der Waals surface area contributed by atoms with Crippen molar-refractivity contribution in [2.75, 3.05) is 19.0 Å². The molecule has 0 radical (unpaired) electrons. The molecule has 1 aromatic carbocycles. The number of nitrogens with zero attached hydrogens (tertiary/aromatic N) is 2. The van der Waals surface area contributed by atoms with Crippen LogP contribution in [0.3, 0.4) is 0 Å². The summed E-state index contributed by atoms with van der Waals surface area (Å²) >= 11 is 7.38. The molecule has 0 aliphatic rings. The van der Waals surface area contributed by atoms with E-state index in [1.165, 1.54) is 0 Å². The number of amides is 1. The predicted molar refractivity (Wildman–Crippen MR) is 102 cm³/mol. The van der Waals surface area contributed by atoms with Gasteiger partial charge in [0.15, 0.2) is 5.11 Å². The first-order valence-electron chi connectivity index (χ1n) is 6.90. The Morgan fingerprint density at radius 3 is 2.74 bits per heavy atom. The number of ether oxygens (including phenoxy) is 1. The number of carbonyl (C=O) groups is 1.